The Morgan fingerprint density at radius 3 is 2.50 bits per heavy atom. The lowest BCUT2D eigenvalue weighted by Crippen LogP contribution is -2.06. The van der Waals surface area contributed by atoms with Gasteiger partial charge in [0, 0.05) is 6.08 Å². The molecule has 0 spiro atoms. The normalized spacial score (nSPS) is 15.0. The molecule has 0 unspecified atom stereocenters. The molecule has 0 radical (unpaired) electrons. The van der Waals surface area contributed by atoms with E-state index in [1.165, 1.54) is 36.7 Å². The van der Waals surface area contributed by atoms with Gasteiger partial charge in [0.1, 0.15) is 12.0 Å². The summed E-state index contributed by atoms with van der Waals surface area (Å²) in [7, 11) is 0. The molecular weight excluding hydrogens is 348 g/mol. The molecule has 0 bridgehead atoms. The summed E-state index contributed by atoms with van der Waals surface area (Å²) in [6.45, 7) is 6.20. The largest absolute Gasteiger partial charge is 0.439 e. The molecule has 28 heavy (non-hydrogen) atoms. The van der Waals surface area contributed by atoms with Crippen LogP contribution >= 0.6 is 0 Å². The lowest BCUT2D eigenvalue weighted by Gasteiger charge is -2.10. The molecule has 4 nitrogen and oxygen atoms in total. The zero-order chi connectivity index (χ0) is 19.8. The van der Waals surface area contributed by atoms with E-state index in [4.69, 9.17) is 9.57 Å². The second-order valence-electron chi connectivity index (χ2n) is 7.26. The molecule has 4 heteroatoms. The third-order valence-electron chi connectivity index (χ3n) is 4.83. The minimum absolute atomic E-state index is 0.456. The summed E-state index contributed by atoms with van der Waals surface area (Å²) in [6.07, 6.45) is 8.98. The number of oxime groups is 1. The topological polar surface area (TPSA) is 43.2 Å². The van der Waals surface area contributed by atoms with Crippen LogP contribution in [0.5, 0.6) is 5.75 Å². The molecule has 2 aromatic carbocycles. The van der Waals surface area contributed by atoms with Crippen molar-refractivity contribution in [1.29, 1.82) is 0 Å². The van der Waals surface area contributed by atoms with Gasteiger partial charge in [-0.1, -0.05) is 29.8 Å². The van der Waals surface area contributed by atoms with Crippen molar-refractivity contribution in [3.63, 3.8) is 0 Å². The van der Waals surface area contributed by atoms with Crippen molar-refractivity contribution in [1.82, 2.24) is 0 Å². The maximum absolute atomic E-state index is 6.00. The maximum atomic E-state index is 6.00. The second kappa shape index (κ2) is 9.88. The van der Waals surface area contributed by atoms with E-state index >= 15 is 0 Å². The molecule has 0 aliphatic heterocycles. The highest BCUT2D eigenvalue weighted by Crippen LogP contribution is 2.20. The standard InChI is InChI=1S/C24H28N2O2/c1-18-8-7-11-23(16-18)28-24(25-22-13-12-19(2)20(3)17-22)14-15-27-26-21-9-5-4-6-10-21/h7-8,11-17H,4-6,9-10H2,1-3H3. The number of nitrogens with zero attached hydrogens (tertiary/aromatic N) is 2. The zero-order valence-corrected chi connectivity index (χ0v) is 16.9. The molecule has 1 aliphatic rings. The molecule has 0 saturated heterocycles. The van der Waals surface area contributed by atoms with E-state index < -0.39 is 0 Å². The average Bonchev–Trinajstić information content (AvgIpc) is 2.69. The Morgan fingerprint density at radius 1 is 0.929 bits per heavy atom. The Labute approximate surface area is 167 Å². The van der Waals surface area contributed by atoms with E-state index in [-0.39, 0.29) is 0 Å². The molecule has 1 fully saturated rings. The SMILES string of the molecule is Cc1cccc(OC(C=CON=C2CCCCC2)=Nc2ccc(C)c(C)c2)c1. The average molecular weight is 377 g/mol. The second-order valence-corrected chi connectivity index (χ2v) is 7.26. The van der Waals surface area contributed by atoms with Crippen LogP contribution in [0.4, 0.5) is 5.69 Å². The first-order valence-corrected chi connectivity index (χ1v) is 9.89. The lowest BCUT2D eigenvalue weighted by molar-refractivity contribution is 0.265. The third kappa shape index (κ3) is 6.08. The van der Waals surface area contributed by atoms with Crippen LogP contribution in [0, 0.1) is 20.8 Å². The fraction of sp³-hybridized carbons (Fsp3) is 0.333. The van der Waals surface area contributed by atoms with E-state index in [0.717, 1.165) is 35.6 Å². The molecule has 0 atom stereocenters. The van der Waals surface area contributed by atoms with Crippen LogP contribution in [-0.2, 0) is 4.84 Å². The molecular formula is C24H28N2O2. The summed E-state index contributed by atoms with van der Waals surface area (Å²) in [6, 6.07) is 14.0. The van der Waals surface area contributed by atoms with Crippen molar-refractivity contribution in [2.24, 2.45) is 10.1 Å². The highest BCUT2D eigenvalue weighted by molar-refractivity contribution is 5.91. The zero-order valence-electron chi connectivity index (χ0n) is 16.9. The van der Waals surface area contributed by atoms with Gasteiger partial charge in [0.05, 0.1) is 11.4 Å². The van der Waals surface area contributed by atoms with Crippen LogP contribution in [0.2, 0.25) is 0 Å². The van der Waals surface area contributed by atoms with Gasteiger partial charge in [0.2, 0.25) is 5.90 Å². The number of rotatable bonds is 5. The number of ether oxygens (including phenoxy) is 1. The quantitative estimate of drug-likeness (QED) is 0.256. The molecule has 0 amide bonds. The Bertz CT molecular complexity index is 889. The number of hydrogen-bond donors (Lipinski definition) is 0. The van der Waals surface area contributed by atoms with E-state index in [9.17, 15) is 0 Å². The predicted octanol–water partition coefficient (Wildman–Crippen LogP) is 6.57. The van der Waals surface area contributed by atoms with Crippen LogP contribution in [0.25, 0.3) is 0 Å². The van der Waals surface area contributed by atoms with Gasteiger partial charge >= 0.3 is 0 Å². The fourth-order valence-electron chi connectivity index (χ4n) is 3.06. The minimum atomic E-state index is 0.456. The van der Waals surface area contributed by atoms with Crippen molar-refractivity contribution in [2.75, 3.05) is 0 Å². The number of aliphatic imine (C=N–C) groups is 1. The smallest absolute Gasteiger partial charge is 0.222 e. The van der Waals surface area contributed by atoms with Crippen molar-refractivity contribution >= 4 is 17.3 Å². The molecule has 2 aromatic rings. The first-order valence-electron chi connectivity index (χ1n) is 9.89. The highest BCUT2D eigenvalue weighted by Gasteiger charge is 2.07. The van der Waals surface area contributed by atoms with Crippen LogP contribution < -0.4 is 4.74 Å². The molecule has 0 aromatic heterocycles. The molecule has 146 valence electrons. The van der Waals surface area contributed by atoms with Crippen LogP contribution in [0.1, 0.15) is 48.8 Å². The van der Waals surface area contributed by atoms with E-state index in [1.54, 1.807) is 6.08 Å². The van der Waals surface area contributed by atoms with Crippen LogP contribution in [0.3, 0.4) is 0 Å². The Balaban J connectivity index is 1.77. The van der Waals surface area contributed by atoms with E-state index in [1.807, 2.05) is 43.3 Å². The summed E-state index contributed by atoms with van der Waals surface area (Å²) >= 11 is 0. The van der Waals surface area contributed by atoms with Gasteiger partial charge in [0.25, 0.3) is 0 Å². The summed E-state index contributed by atoms with van der Waals surface area (Å²) in [5.41, 5.74) is 5.53. The molecule has 0 heterocycles. The first kappa shape index (κ1) is 19.9. The van der Waals surface area contributed by atoms with Gasteiger partial charge in [-0.25, -0.2) is 4.99 Å². The summed E-state index contributed by atoms with van der Waals surface area (Å²) in [4.78, 5) is 10.0. The van der Waals surface area contributed by atoms with Crippen LogP contribution in [0.15, 0.2) is 65.0 Å². The van der Waals surface area contributed by atoms with Crippen LogP contribution in [-0.4, -0.2) is 11.6 Å². The summed E-state index contributed by atoms with van der Waals surface area (Å²) < 4.78 is 6.00. The lowest BCUT2D eigenvalue weighted by atomic mass is 9.99. The summed E-state index contributed by atoms with van der Waals surface area (Å²) in [5, 5.41) is 4.23. The van der Waals surface area contributed by atoms with Gasteiger partial charge < -0.3 is 9.57 Å². The van der Waals surface area contributed by atoms with Crippen molar-refractivity contribution in [3.05, 3.63) is 71.5 Å². The van der Waals surface area contributed by atoms with E-state index in [0.29, 0.717) is 5.90 Å². The fourth-order valence-corrected chi connectivity index (χ4v) is 3.06. The van der Waals surface area contributed by atoms with Crippen molar-refractivity contribution < 1.29 is 9.57 Å². The number of hydrogen-bond acceptors (Lipinski definition) is 4. The Hall–Kier alpha value is -2.88. The predicted molar refractivity (Wildman–Crippen MR) is 116 cm³/mol. The third-order valence-corrected chi connectivity index (χ3v) is 4.83. The van der Waals surface area contributed by atoms with Gasteiger partial charge in [-0.15, -0.1) is 0 Å². The molecule has 1 aliphatic carbocycles. The van der Waals surface area contributed by atoms with Gasteiger partial charge in [-0.05, 0) is 87.4 Å². The highest BCUT2D eigenvalue weighted by atomic mass is 16.6. The van der Waals surface area contributed by atoms with Gasteiger partial charge in [-0.2, -0.15) is 0 Å². The van der Waals surface area contributed by atoms with Gasteiger partial charge in [-0.3, -0.25) is 0 Å². The maximum Gasteiger partial charge on any atom is 0.222 e. The van der Waals surface area contributed by atoms with Crippen molar-refractivity contribution in [3.8, 4) is 5.75 Å². The molecule has 3 rings (SSSR count). The number of aryl methyl sites for hydroxylation is 3. The minimum Gasteiger partial charge on any atom is -0.439 e. The van der Waals surface area contributed by atoms with Crippen molar-refractivity contribution in [2.45, 2.75) is 52.9 Å². The Morgan fingerprint density at radius 2 is 1.75 bits per heavy atom. The molecule has 1 saturated carbocycles. The van der Waals surface area contributed by atoms with E-state index in [2.05, 4.69) is 30.1 Å². The van der Waals surface area contributed by atoms with Gasteiger partial charge in [0.15, 0.2) is 0 Å². The summed E-state index contributed by atoms with van der Waals surface area (Å²) in [5.74, 6) is 1.20. The molecule has 0 N–H and O–H groups in total. The number of benzene rings is 2. The monoisotopic (exact) mass is 376 g/mol. The Kier molecular flexibility index (Phi) is 7.01. The first-order chi connectivity index (χ1) is 13.6.